The summed E-state index contributed by atoms with van der Waals surface area (Å²) in [7, 11) is -3.19. The van der Waals surface area contributed by atoms with Crippen molar-refractivity contribution in [3.63, 3.8) is 0 Å². The number of sulfone groups is 1. The first-order valence-electron chi connectivity index (χ1n) is 5.08. The molecule has 0 bridgehead atoms. The van der Waals surface area contributed by atoms with Crippen LogP contribution in [0.3, 0.4) is 0 Å². The van der Waals surface area contributed by atoms with Crippen LogP contribution >= 0.6 is 0 Å². The Morgan fingerprint density at radius 1 is 1.44 bits per heavy atom. The van der Waals surface area contributed by atoms with Crippen molar-refractivity contribution in [2.75, 3.05) is 12.8 Å². The molecule has 0 aliphatic carbocycles. The van der Waals surface area contributed by atoms with Crippen LogP contribution in [0.1, 0.15) is 43.2 Å². The molecule has 92 valence electrons. The van der Waals surface area contributed by atoms with Gasteiger partial charge in [-0.1, -0.05) is 12.1 Å². The van der Waals surface area contributed by atoms with Crippen molar-refractivity contribution in [2.45, 2.75) is 31.4 Å². The third-order valence-corrected chi connectivity index (χ3v) is 3.98. The van der Waals surface area contributed by atoms with E-state index in [-0.39, 0.29) is 11.7 Å². The highest BCUT2D eigenvalue weighted by molar-refractivity contribution is 7.90. The van der Waals surface area contributed by atoms with Gasteiger partial charge in [0.05, 0.1) is 0 Å². The van der Waals surface area contributed by atoms with Crippen molar-refractivity contribution in [3.05, 3.63) is 11.7 Å². The third-order valence-electron chi connectivity index (χ3n) is 2.48. The molecule has 0 saturated carbocycles. The van der Waals surface area contributed by atoms with Gasteiger partial charge in [0.25, 0.3) is 0 Å². The molecule has 0 aliphatic heterocycles. The van der Waals surface area contributed by atoms with E-state index < -0.39 is 15.1 Å². The maximum absolute atomic E-state index is 11.3. The molecule has 0 aromatic carbocycles. The van der Waals surface area contributed by atoms with Gasteiger partial charge in [-0.05, 0) is 19.9 Å². The number of rotatable bonds is 5. The highest BCUT2D eigenvalue weighted by atomic mass is 32.2. The number of nitrogens with two attached hydrogens (primary N) is 1. The normalized spacial score (nSPS) is 16.0. The maximum atomic E-state index is 11.3. The first-order valence-corrected chi connectivity index (χ1v) is 7.04. The molecule has 1 aromatic rings. The summed E-state index contributed by atoms with van der Waals surface area (Å²) in [5.74, 6) is 0.704. The van der Waals surface area contributed by atoms with E-state index >= 15 is 0 Å². The fourth-order valence-electron chi connectivity index (χ4n) is 1.18. The zero-order valence-electron chi connectivity index (χ0n) is 9.67. The zero-order valence-corrected chi connectivity index (χ0v) is 10.5. The second-order valence-corrected chi connectivity index (χ2v) is 6.31. The van der Waals surface area contributed by atoms with Crippen molar-refractivity contribution >= 4 is 9.84 Å². The van der Waals surface area contributed by atoms with Crippen LogP contribution < -0.4 is 5.73 Å². The van der Waals surface area contributed by atoms with Gasteiger partial charge in [-0.3, -0.25) is 0 Å². The highest BCUT2D eigenvalue weighted by Crippen LogP contribution is 2.21. The molecule has 1 aromatic heterocycles. The lowest BCUT2D eigenvalue weighted by Crippen LogP contribution is -2.10. The largest absolute Gasteiger partial charge is 0.339 e. The molecule has 2 atom stereocenters. The number of nitrogens with zero attached hydrogens (tertiary/aromatic N) is 2. The average molecular weight is 247 g/mol. The van der Waals surface area contributed by atoms with E-state index in [2.05, 4.69) is 10.1 Å². The minimum absolute atomic E-state index is 0.0537. The molecular weight excluding hydrogens is 230 g/mol. The Morgan fingerprint density at radius 3 is 2.56 bits per heavy atom. The van der Waals surface area contributed by atoms with Gasteiger partial charge in [0.15, 0.2) is 15.7 Å². The Labute approximate surface area is 95.1 Å². The summed E-state index contributed by atoms with van der Waals surface area (Å²) in [5.41, 5.74) is 5.42. The van der Waals surface area contributed by atoms with Crippen molar-refractivity contribution < 1.29 is 12.9 Å². The Bertz CT molecular complexity index is 441. The van der Waals surface area contributed by atoms with Crippen molar-refractivity contribution in [2.24, 2.45) is 5.73 Å². The van der Waals surface area contributed by atoms with Gasteiger partial charge in [-0.15, -0.1) is 0 Å². The van der Waals surface area contributed by atoms with E-state index in [1.165, 1.54) is 6.92 Å². The summed E-state index contributed by atoms with van der Waals surface area (Å²) in [4.78, 5) is 4.08. The molecule has 0 radical (unpaired) electrons. The molecular formula is C9H17N3O3S. The Hall–Kier alpha value is -0.950. The van der Waals surface area contributed by atoms with Gasteiger partial charge >= 0.3 is 0 Å². The molecule has 7 heteroatoms. The van der Waals surface area contributed by atoms with Crippen LogP contribution in [-0.4, -0.2) is 31.4 Å². The smallest absolute Gasteiger partial charge is 0.229 e. The maximum Gasteiger partial charge on any atom is 0.229 e. The molecule has 6 nitrogen and oxygen atoms in total. The lowest BCUT2D eigenvalue weighted by Gasteiger charge is -2.03. The van der Waals surface area contributed by atoms with Crippen molar-refractivity contribution in [1.29, 1.82) is 0 Å². The van der Waals surface area contributed by atoms with E-state index in [0.717, 1.165) is 12.7 Å². The molecule has 0 aliphatic rings. The zero-order chi connectivity index (χ0) is 12.3. The van der Waals surface area contributed by atoms with Gasteiger partial charge in [0.1, 0.15) is 5.25 Å². The van der Waals surface area contributed by atoms with Gasteiger partial charge in [-0.2, -0.15) is 4.98 Å². The van der Waals surface area contributed by atoms with E-state index in [4.69, 9.17) is 10.3 Å². The lowest BCUT2D eigenvalue weighted by molar-refractivity contribution is 0.350. The van der Waals surface area contributed by atoms with Crippen LogP contribution in [0, 0.1) is 0 Å². The quantitative estimate of drug-likeness (QED) is 0.819. The number of hydrogen-bond acceptors (Lipinski definition) is 6. The predicted octanol–water partition coefficient (Wildman–Crippen LogP) is 0.628. The van der Waals surface area contributed by atoms with Crippen molar-refractivity contribution in [1.82, 2.24) is 10.1 Å². The molecule has 2 unspecified atom stereocenters. The van der Waals surface area contributed by atoms with Gasteiger partial charge < -0.3 is 10.3 Å². The molecule has 16 heavy (non-hydrogen) atoms. The Kier molecular flexibility index (Phi) is 4.03. The minimum atomic E-state index is -3.19. The van der Waals surface area contributed by atoms with Gasteiger partial charge in [-0.25, -0.2) is 8.42 Å². The highest BCUT2D eigenvalue weighted by Gasteiger charge is 2.24. The summed E-state index contributed by atoms with van der Waals surface area (Å²) in [6, 6.07) is 0. The molecule has 0 fully saturated rings. The van der Waals surface area contributed by atoms with E-state index in [9.17, 15) is 8.42 Å². The summed E-state index contributed by atoms with van der Waals surface area (Å²) in [5, 5.41) is 2.94. The average Bonchev–Trinajstić information content (AvgIpc) is 2.64. The topological polar surface area (TPSA) is 99.1 Å². The van der Waals surface area contributed by atoms with Crippen LogP contribution in [0.15, 0.2) is 4.52 Å². The second-order valence-electron chi connectivity index (χ2n) is 3.94. The second kappa shape index (κ2) is 4.92. The number of hydrogen-bond donors (Lipinski definition) is 1. The van der Waals surface area contributed by atoms with Crippen LogP contribution in [-0.2, 0) is 9.84 Å². The Morgan fingerprint density at radius 2 is 2.06 bits per heavy atom. The molecule has 1 rings (SSSR count). The van der Waals surface area contributed by atoms with Crippen molar-refractivity contribution in [3.8, 4) is 0 Å². The molecule has 0 amide bonds. The third kappa shape index (κ3) is 3.02. The van der Waals surface area contributed by atoms with E-state index in [1.807, 2.05) is 6.92 Å². The van der Waals surface area contributed by atoms with Crippen LogP contribution in [0.5, 0.6) is 0 Å². The fourth-order valence-corrected chi connectivity index (χ4v) is 1.66. The SMILES string of the molecule is CC(CCN)c1nc(C(C)S(C)(=O)=O)no1. The molecule has 2 N–H and O–H groups in total. The minimum Gasteiger partial charge on any atom is -0.339 e. The molecule has 1 heterocycles. The van der Waals surface area contributed by atoms with Crippen LogP contribution in [0.2, 0.25) is 0 Å². The first kappa shape index (κ1) is 13.1. The van der Waals surface area contributed by atoms with E-state index in [1.54, 1.807) is 0 Å². The standard InChI is InChI=1S/C9H17N3O3S/c1-6(4-5-10)9-11-8(12-15-9)7(2)16(3,13)14/h6-7H,4-5,10H2,1-3H3. The molecule has 0 spiro atoms. The first-order chi connectivity index (χ1) is 7.36. The monoisotopic (exact) mass is 247 g/mol. The van der Waals surface area contributed by atoms with Crippen LogP contribution in [0.4, 0.5) is 0 Å². The summed E-state index contributed by atoms with van der Waals surface area (Å²) in [6.45, 7) is 3.98. The van der Waals surface area contributed by atoms with Crippen LogP contribution in [0.25, 0.3) is 0 Å². The van der Waals surface area contributed by atoms with E-state index in [0.29, 0.717) is 12.4 Å². The van der Waals surface area contributed by atoms with Gasteiger partial charge in [0.2, 0.25) is 5.89 Å². The summed E-state index contributed by atoms with van der Waals surface area (Å²) in [6.07, 6.45) is 1.88. The summed E-state index contributed by atoms with van der Waals surface area (Å²) < 4.78 is 27.6. The van der Waals surface area contributed by atoms with Gasteiger partial charge in [0, 0.05) is 12.2 Å². The lowest BCUT2D eigenvalue weighted by atomic mass is 10.1. The predicted molar refractivity (Wildman–Crippen MR) is 59.6 cm³/mol. The summed E-state index contributed by atoms with van der Waals surface area (Å²) >= 11 is 0. The molecule has 0 saturated heterocycles. The number of aromatic nitrogens is 2. The Balaban J connectivity index is 2.87. The fraction of sp³-hybridized carbons (Fsp3) is 0.778.